The zero-order valence-electron chi connectivity index (χ0n) is 17.1. The van der Waals surface area contributed by atoms with Gasteiger partial charge >= 0.3 is 0 Å². The van der Waals surface area contributed by atoms with Crippen LogP contribution in [0.4, 0.5) is 11.4 Å². The molecule has 1 N–H and O–H groups in total. The number of amidine groups is 1. The predicted octanol–water partition coefficient (Wildman–Crippen LogP) is 6.98. The van der Waals surface area contributed by atoms with E-state index in [0.29, 0.717) is 37.1 Å². The molecular weight excluding hydrogens is 612 g/mol. The molecule has 1 saturated heterocycles. The van der Waals surface area contributed by atoms with E-state index in [9.17, 15) is 14.9 Å². The highest BCUT2D eigenvalue weighted by atomic mass is 127. The fourth-order valence-corrected chi connectivity index (χ4v) is 4.83. The van der Waals surface area contributed by atoms with Gasteiger partial charge in [-0.3, -0.25) is 14.9 Å². The van der Waals surface area contributed by atoms with Crippen molar-refractivity contribution in [3.05, 3.63) is 100 Å². The third kappa shape index (κ3) is 5.90. The molecular formula is C23H14Cl2IN3O4S. The lowest BCUT2D eigenvalue weighted by molar-refractivity contribution is -0.384. The van der Waals surface area contributed by atoms with E-state index in [2.05, 4.69) is 32.9 Å². The van der Waals surface area contributed by atoms with Crippen LogP contribution in [0.5, 0.6) is 5.75 Å². The van der Waals surface area contributed by atoms with Crippen LogP contribution in [0.15, 0.2) is 70.6 Å². The molecule has 0 unspecified atom stereocenters. The van der Waals surface area contributed by atoms with Gasteiger partial charge in [-0.25, -0.2) is 4.99 Å². The van der Waals surface area contributed by atoms with E-state index in [1.54, 1.807) is 42.5 Å². The summed E-state index contributed by atoms with van der Waals surface area (Å²) >= 11 is 15.5. The Morgan fingerprint density at radius 2 is 1.94 bits per heavy atom. The zero-order chi connectivity index (χ0) is 24.2. The van der Waals surface area contributed by atoms with E-state index >= 15 is 0 Å². The number of amides is 1. The van der Waals surface area contributed by atoms with Gasteiger partial charge in [0.05, 0.1) is 29.1 Å². The fourth-order valence-electron chi connectivity index (χ4n) is 2.96. The normalized spacial score (nSPS) is 15.6. The van der Waals surface area contributed by atoms with Crippen LogP contribution in [0.2, 0.25) is 10.0 Å². The number of benzene rings is 3. The molecule has 3 aromatic rings. The molecule has 1 aliphatic heterocycles. The van der Waals surface area contributed by atoms with E-state index in [0.717, 1.165) is 9.13 Å². The highest BCUT2D eigenvalue weighted by molar-refractivity contribution is 14.1. The lowest BCUT2D eigenvalue weighted by Gasteiger charge is -2.09. The summed E-state index contributed by atoms with van der Waals surface area (Å²) in [6, 6.07) is 16.9. The molecule has 1 heterocycles. The summed E-state index contributed by atoms with van der Waals surface area (Å²) in [4.78, 5) is 27.8. The van der Waals surface area contributed by atoms with Crippen molar-refractivity contribution >= 4 is 86.1 Å². The first kappa shape index (κ1) is 24.5. The minimum atomic E-state index is -0.438. The van der Waals surface area contributed by atoms with Crippen LogP contribution in [0.25, 0.3) is 6.08 Å². The lowest BCUT2D eigenvalue weighted by Crippen LogP contribution is -2.19. The maximum Gasteiger partial charge on any atom is 0.269 e. The molecule has 1 amide bonds. The largest absolute Gasteiger partial charge is 0.488 e. The predicted molar refractivity (Wildman–Crippen MR) is 144 cm³/mol. The van der Waals surface area contributed by atoms with Crippen LogP contribution >= 0.6 is 57.6 Å². The molecule has 34 heavy (non-hydrogen) atoms. The number of nitrogens with zero attached hydrogens (tertiary/aromatic N) is 2. The molecule has 1 fully saturated rings. The summed E-state index contributed by atoms with van der Waals surface area (Å²) in [5, 5.41) is 14.8. The second kappa shape index (κ2) is 10.8. The van der Waals surface area contributed by atoms with Gasteiger partial charge in [-0.2, -0.15) is 0 Å². The van der Waals surface area contributed by atoms with Crippen LogP contribution in [0, 0.1) is 13.7 Å². The molecule has 0 saturated carbocycles. The molecule has 3 aromatic carbocycles. The molecule has 4 rings (SSSR count). The Hall–Kier alpha value is -2.60. The number of hydrogen-bond donors (Lipinski definition) is 1. The molecule has 172 valence electrons. The van der Waals surface area contributed by atoms with Crippen molar-refractivity contribution in [1.82, 2.24) is 5.32 Å². The van der Waals surface area contributed by atoms with E-state index in [1.807, 2.05) is 12.1 Å². The number of carbonyl (C=O) groups excluding carboxylic acids is 1. The van der Waals surface area contributed by atoms with Crippen LogP contribution in [-0.2, 0) is 11.4 Å². The molecule has 7 nitrogen and oxygen atoms in total. The van der Waals surface area contributed by atoms with Crippen molar-refractivity contribution < 1.29 is 14.5 Å². The number of nitro benzene ring substituents is 1. The zero-order valence-corrected chi connectivity index (χ0v) is 21.6. The first-order chi connectivity index (χ1) is 16.3. The number of halogens is 3. The molecule has 0 spiro atoms. The highest BCUT2D eigenvalue weighted by Gasteiger charge is 2.24. The highest BCUT2D eigenvalue weighted by Crippen LogP contribution is 2.35. The van der Waals surface area contributed by atoms with Gasteiger partial charge in [0.15, 0.2) is 5.17 Å². The minimum absolute atomic E-state index is 0.0191. The number of aliphatic imine (C=N–C) groups is 1. The van der Waals surface area contributed by atoms with Gasteiger partial charge in [-0.1, -0.05) is 47.5 Å². The van der Waals surface area contributed by atoms with Crippen LogP contribution in [0.3, 0.4) is 0 Å². The number of non-ortho nitro benzene ring substituents is 1. The average molecular weight is 626 g/mol. The fraction of sp³-hybridized carbons (Fsp3) is 0.0435. The number of nitro groups is 1. The van der Waals surface area contributed by atoms with Gasteiger partial charge in [0.25, 0.3) is 11.6 Å². The van der Waals surface area contributed by atoms with Crippen molar-refractivity contribution in [2.45, 2.75) is 6.61 Å². The first-order valence-corrected chi connectivity index (χ1v) is 12.3. The van der Waals surface area contributed by atoms with Crippen molar-refractivity contribution in [3.63, 3.8) is 0 Å². The summed E-state index contributed by atoms with van der Waals surface area (Å²) in [6.07, 6.45) is 1.76. The Kier molecular flexibility index (Phi) is 7.77. The summed E-state index contributed by atoms with van der Waals surface area (Å²) in [5.74, 6) is 0.374. The Bertz CT molecular complexity index is 1360. The van der Waals surface area contributed by atoms with Crippen LogP contribution in [0.1, 0.15) is 11.1 Å². The summed E-state index contributed by atoms with van der Waals surface area (Å²) in [7, 11) is 0. The Labute approximate surface area is 222 Å². The Balaban J connectivity index is 1.46. The lowest BCUT2D eigenvalue weighted by atomic mass is 10.2. The Morgan fingerprint density at radius 3 is 2.71 bits per heavy atom. The van der Waals surface area contributed by atoms with E-state index in [1.165, 1.54) is 23.9 Å². The Morgan fingerprint density at radius 1 is 1.15 bits per heavy atom. The van der Waals surface area contributed by atoms with Gasteiger partial charge in [0.2, 0.25) is 0 Å². The molecule has 0 aromatic heterocycles. The van der Waals surface area contributed by atoms with Gasteiger partial charge in [0, 0.05) is 12.1 Å². The number of ether oxygens (including phenoxy) is 1. The maximum atomic E-state index is 12.4. The monoisotopic (exact) mass is 625 g/mol. The van der Waals surface area contributed by atoms with E-state index < -0.39 is 4.92 Å². The molecule has 1 aliphatic rings. The topological polar surface area (TPSA) is 93.8 Å². The summed E-state index contributed by atoms with van der Waals surface area (Å²) in [5.41, 5.74) is 2.00. The summed E-state index contributed by atoms with van der Waals surface area (Å²) in [6.45, 7) is 0.197. The number of rotatable bonds is 6. The smallest absolute Gasteiger partial charge is 0.269 e. The molecule has 0 aliphatic carbocycles. The minimum Gasteiger partial charge on any atom is -0.488 e. The molecule has 11 heteroatoms. The van der Waals surface area contributed by atoms with Crippen LogP contribution < -0.4 is 10.1 Å². The van der Waals surface area contributed by atoms with Gasteiger partial charge < -0.3 is 10.1 Å². The number of hydrogen-bond acceptors (Lipinski definition) is 6. The van der Waals surface area contributed by atoms with Crippen molar-refractivity contribution in [2.24, 2.45) is 4.99 Å². The first-order valence-electron chi connectivity index (χ1n) is 9.69. The third-order valence-corrected chi connectivity index (χ3v) is 7.14. The summed E-state index contributed by atoms with van der Waals surface area (Å²) < 4.78 is 6.66. The quantitative estimate of drug-likeness (QED) is 0.138. The molecule has 0 radical (unpaired) electrons. The van der Waals surface area contributed by atoms with Gasteiger partial charge in [-0.15, -0.1) is 0 Å². The van der Waals surface area contributed by atoms with Gasteiger partial charge in [-0.05, 0) is 75.8 Å². The SMILES string of the molecule is O=C1NC(=Nc2cccc(Cl)c2Cl)S/C1=C/c1ccc(OCc2cccc([N+](=O)[O-])c2)c(I)c1. The third-order valence-electron chi connectivity index (χ3n) is 4.57. The van der Waals surface area contributed by atoms with Crippen LogP contribution in [-0.4, -0.2) is 16.0 Å². The standard InChI is InChI=1S/C23H14Cl2IN3O4S/c24-16-5-2-6-18(21(16)25)27-23-28-22(30)20(34-23)11-13-7-8-19(17(26)10-13)33-12-14-3-1-4-15(9-14)29(31)32/h1-11H,12H2,(H,27,28,30)/b20-11+. The van der Waals surface area contributed by atoms with E-state index in [4.69, 9.17) is 27.9 Å². The van der Waals surface area contributed by atoms with Crippen molar-refractivity contribution in [2.75, 3.05) is 0 Å². The number of carbonyl (C=O) groups is 1. The molecule has 0 atom stereocenters. The van der Waals surface area contributed by atoms with Gasteiger partial charge in [0.1, 0.15) is 12.4 Å². The number of thioether (sulfide) groups is 1. The second-order valence-electron chi connectivity index (χ2n) is 6.96. The van der Waals surface area contributed by atoms with E-state index in [-0.39, 0.29) is 18.2 Å². The van der Waals surface area contributed by atoms with Crippen molar-refractivity contribution in [1.29, 1.82) is 0 Å². The molecule has 0 bridgehead atoms. The van der Waals surface area contributed by atoms with Crippen molar-refractivity contribution in [3.8, 4) is 5.75 Å². The maximum absolute atomic E-state index is 12.4. The second-order valence-corrected chi connectivity index (χ2v) is 9.94. The average Bonchev–Trinajstić information content (AvgIpc) is 3.15. The number of nitrogens with one attached hydrogen (secondary N) is 1.